The number of carbonyl (C=O) groups is 3. The maximum absolute atomic E-state index is 11.7. The molecule has 122 valence electrons. The number of carbonyl (C=O) groups excluding carboxylic acids is 2. The minimum absolute atomic E-state index is 0.0405. The molecule has 0 radical (unpaired) electrons. The van der Waals surface area contributed by atoms with Gasteiger partial charge in [-0.1, -0.05) is 0 Å². The Balaban J connectivity index is 2.60. The predicted octanol–water partition coefficient (Wildman–Crippen LogP) is 1.46. The molecular weight excluding hydrogens is 310 g/mol. The van der Waals surface area contributed by atoms with E-state index in [4.69, 9.17) is 9.84 Å². The molecule has 1 heterocycles. The third-order valence-electron chi connectivity index (χ3n) is 2.62. The zero-order valence-electron chi connectivity index (χ0n) is 12.6. The van der Waals surface area contributed by atoms with E-state index in [0.717, 1.165) is 11.3 Å². The molecule has 8 nitrogen and oxygen atoms in total. The van der Waals surface area contributed by atoms with Crippen molar-refractivity contribution in [2.45, 2.75) is 33.2 Å². The van der Waals surface area contributed by atoms with Gasteiger partial charge in [-0.15, -0.1) is 11.3 Å². The minimum atomic E-state index is -0.983. The van der Waals surface area contributed by atoms with Crippen LogP contribution >= 0.6 is 11.3 Å². The molecule has 0 fully saturated rings. The number of carboxylic acid groups (broad SMARTS) is 1. The van der Waals surface area contributed by atoms with Crippen LogP contribution in [0.4, 0.5) is 4.79 Å². The van der Waals surface area contributed by atoms with E-state index in [1.807, 2.05) is 0 Å². The number of rotatable bonds is 7. The number of urea groups is 1. The number of amides is 2. The molecule has 0 aliphatic heterocycles. The number of aliphatic carboxylic acids is 1. The fraction of sp³-hybridized carbons (Fsp3) is 0.538. The second-order valence-electron chi connectivity index (χ2n) is 4.45. The standard InChI is InChI=1S/C13H19N3O5S/c1-4-21-12(19)10-7(2)15-11(22-10)8(3)16-13(20)14-6-5-9(17)18/h8H,4-6H2,1-3H3,(H,17,18)(H2,14,16,20). The minimum Gasteiger partial charge on any atom is -0.481 e. The van der Waals surface area contributed by atoms with Gasteiger partial charge in [0.2, 0.25) is 0 Å². The molecule has 0 aliphatic carbocycles. The largest absolute Gasteiger partial charge is 0.481 e. The van der Waals surface area contributed by atoms with Gasteiger partial charge in [0.05, 0.1) is 24.8 Å². The van der Waals surface area contributed by atoms with Crippen molar-refractivity contribution in [1.82, 2.24) is 15.6 Å². The third kappa shape index (κ3) is 5.32. The topological polar surface area (TPSA) is 118 Å². The average Bonchev–Trinajstić information content (AvgIpc) is 2.80. The third-order valence-corrected chi connectivity index (χ3v) is 3.94. The Labute approximate surface area is 131 Å². The number of carboxylic acids is 1. The van der Waals surface area contributed by atoms with Crippen LogP contribution in [0.3, 0.4) is 0 Å². The van der Waals surface area contributed by atoms with Crippen LogP contribution in [0.5, 0.6) is 0 Å². The van der Waals surface area contributed by atoms with E-state index in [2.05, 4.69) is 15.6 Å². The average molecular weight is 329 g/mol. The maximum atomic E-state index is 11.7. The van der Waals surface area contributed by atoms with Crippen molar-refractivity contribution in [3.63, 3.8) is 0 Å². The number of esters is 1. The first-order valence-corrected chi connectivity index (χ1v) is 7.57. The number of ether oxygens (including phenoxy) is 1. The van der Waals surface area contributed by atoms with Gasteiger partial charge >= 0.3 is 18.0 Å². The second kappa shape index (κ2) is 8.32. The molecule has 1 rings (SSSR count). The lowest BCUT2D eigenvalue weighted by Gasteiger charge is -2.11. The van der Waals surface area contributed by atoms with Crippen molar-refractivity contribution < 1.29 is 24.2 Å². The van der Waals surface area contributed by atoms with Crippen LogP contribution in [0.1, 0.15) is 46.7 Å². The highest BCUT2D eigenvalue weighted by molar-refractivity contribution is 7.13. The van der Waals surface area contributed by atoms with Gasteiger partial charge in [0.15, 0.2) is 0 Å². The maximum Gasteiger partial charge on any atom is 0.350 e. The highest BCUT2D eigenvalue weighted by Gasteiger charge is 2.20. The van der Waals surface area contributed by atoms with Crippen LogP contribution in [0.25, 0.3) is 0 Å². The van der Waals surface area contributed by atoms with Crippen LogP contribution in [-0.2, 0) is 9.53 Å². The van der Waals surface area contributed by atoms with Gasteiger partial charge < -0.3 is 20.5 Å². The number of aromatic nitrogens is 1. The number of nitrogens with one attached hydrogen (secondary N) is 2. The van der Waals surface area contributed by atoms with E-state index >= 15 is 0 Å². The molecule has 2 amide bonds. The Morgan fingerprint density at radius 2 is 2.09 bits per heavy atom. The first-order chi connectivity index (χ1) is 10.3. The van der Waals surface area contributed by atoms with Crippen molar-refractivity contribution in [1.29, 1.82) is 0 Å². The van der Waals surface area contributed by atoms with Crippen LogP contribution in [-0.4, -0.2) is 41.2 Å². The lowest BCUT2D eigenvalue weighted by atomic mass is 10.3. The molecule has 1 aromatic rings. The Morgan fingerprint density at radius 3 is 2.68 bits per heavy atom. The highest BCUT2D eigenvalue weighted by Crippen LogP contribution is 2.24. The normalized spacial score (nSPS) is 11.6. The Hall–Kier alpha value is -2.16. The van der Waals surface area contributed by atoms with E-state index in [-0.39, 0.29) is 19.6 Å². The zero-order chi connectivity index (χ0) is 16.7. The fourth-order valence-electron chi connectivity index (χ4n) is 1.58. The lowest BCUT2D eigenvalue weighted by molar-refractivity contribution is -0.136. The molecule has 1 aromatic heterocycles. The molecule has 3 N–H and O–H groups in total. The fourth-order valence-corrected chi connectivity index (χ4v) is 2.54. The Kier molecular flexibility index (Phi) is 6.77. The van der Waals surface area contributed by atoms with E-state index in [1.165, 1.54) is 0 Å². The molecular formula is C13H19N3O5S. The van der Waals surface area contributed by atoms with Crippen molar-refractivity contribution in [2.75, 3.05) is 13.2 Å². The summed E-state index contributed by atoms with van der Waals surface area (Å²) in [6.45, 7) is 5.47. The van der Waals surface area contributed by atoms with E-state index in [1.54, 1.807) is 20.8 Å². The molecule has 9 heteroatoms. The van der Waals surface area contributed by atoms with Gasteiger partial charge in [-0.05, 0) is 20.8 Å². The van der Waals surface area contributed by atoms with Gasteiger partial charge in [-0.25, -0.2) is 14.6 Å². The summed E-state index contributed by atoms with van der Waals surface area (Å²) in [6, 6.07) is -0.893. The monoisotopic (exact) mass is 329 g/mol. The van der Waals surface area contributed by atoms with Gasteiger partial charge in [-0.3, -0.25) is 4.79 Å². The summed E-state index contributed by atoms with van der Waals surface area (Å²) in [5, 5.41) is 14.1. The number of nitrogens with zero attached hydrogens (tertiary/aromatic N) is 1. The van der Waals surface area contributed by atoms with Gasteiger partial charge in [0.25, 0.3) is 0 Å². The smallest absolute Gasteiger partial charge is 0.350 e. The summed E-state index contributed by atoms with van der Waals surface area (Å²) in [5.74, 6) is -1.41. The molecule has 0 aliphatic rings. The first-order valence-electron chi connectivity index (χ1n) is 6.75. The van der Waals surface area contributed by atoms with E-state index in [0.29, 0.717) is 15.6 Å². The van der Waals surface area contributed by atoms with Crippen LogP contribution in [0.15, 0.2) is 0 Å². The molecule has 1 atom stereocenters. The molecule has 0 bridgehead atoms. The molecule has 0 saturated carbocycles. The molecule has 0 saturated heterocycles. The van der Waals surface area contributed by atoms with Crippen molar-refractivity contribution in [3.05, 3.63) is 15.6 Å². The summed E-state index contributed by atoms with van der Waals surface area (Å²) in [7, 11) is 0. The van der Waals surface area contributed by atoms with Crippen LogP contribution < -0.4 is 10.6 Å². The molecule has 22 heavy (non-hydrogen) atoms. The summed E-state index contributed by atoms with van der Waals surface area (Å²) in [5.41, 5.74) is 0.554. The molecule has 0 aromatic carbocycles. The zero-order valence-corrected chi connectivity index (χ0v) is 13.5. The number of hydrogen-bond donors (Lipinski definition) is 3. The summed E-state index contributed by atoms with van der Waals surface area (Å²) >= 11 is 1.16. The van der Waals surface area contributed by atoms with Crippen molar-refractivity contribution in [2.24, 2.45) is 0 Å². The number of hydrogen-bond acceptors (Lipinski definition) is 6. The first kappa shape index (κ1) is 17.9. The quantitative estimate of drug-likeness (QED) is 0.652. The SMILES string of the molecule is CCOC(=O)c1sc(C(C)NC(=O)NCCC(=O)O)nc1C. The van der Waals surface area contributed by atoms with Crippen molar-refractivity contribution in [3.8, 4) is 0 Å². The predicted molar refractivity (Wildman–Crippen MR) is 80.0 cm³/mol. The highest BCUT2D eigenvalue weighted by atomic mass is 32.1. The van der Waals surface area contributed by atoms with Gasteiger partial charge in [-0.2, -0.15) is 0 Å². The summed E-state index contributed by atoms with van der Waals surface area (Å²) in [6.07, 6.45) is -0.148. The molecule has 1 unspecified atom stereocenters. The number of thiazole rings is 1. The van der Waals surface area contributed by atoms with E-state index < -0.39 is 24.0 Å². The lowest BCUT2D eigenvalue weighted by Crippen LogP contribution is -2.38. The summed E-state index contributed by atoms with van der Waals surface area (Å²) in [4.78, 5) is 38.4. The number of aryl methyl sites for hydroxylation is 1. The Bertz CT molecular complexity index is 558. The van der Waals surface area contributed by atoms with E-state index in [9.17, 15) is 14.4 Å². The van der Waals surface area contributed by atoms with Crippen molar-refractivity contribution >= 4 is 29.3 Å². The van der Waals surface area contributed by atoms with Crippen LogP contribution in [0.2, 0.25) is 0 Å². The van der Waals surface area contributed by atoms with Crippen LogP contribution in [0, 0.1) is 6.92 Å². The molecule has 0 spiro atoms. The van der Waals surface area contributed by atoms with Gasteiger partial charge in [0.1, 0.15) is 9.88 Å². The summed E-state index contributed by atoms with van der Waals surface area (Å²) < 4.78 is 4.93. The van der Waals surface area contributed by atoms with Gasteiger partial charge in [0, 0.05) is 6.54 Å². The Morgan fingerprint density at radius 1 is 1.41 bits per heavy atom. The second-order valence-corrected chi connectivity index (χ2v) is 5.48.